The number of hydrogen-bond acceptors (Lipinski definition) is 5. The first-order valence-corrected chi connectivity index (χ1v) is 6.56. The van der Waals surface area contributed by atoms with Crippen LogP contribution >= 0.6 is 11.3 Å². The van der Waals surface area contributed by atoms with Gasteiger partial charge in [-0.15, -0.1) is 11.3 Å². The second-order valence-corrected chi connectivity index (χ2v) is 5.41. The Balaban J connectivity index is 2.48. The molecule has 1 heterocycles. The first kappa shape index (κ1) is 13.9. The summed E-state index contributed by atoms with van der Waals surface area (Å²) in [5.41, 5.74) is 7.33. The third-order valence-electron chi connectivity index (χ3n) is 2.30. The highest BCUT2D eigenvalue weighted by Crippen LogP contribution is 2.11. The van der Waals surface area contributed by atoms with Gasteiger partial charge in [-0.2, -0.15) is 0 Å². The summed E-state index contributed by atoms with van der Waals surface area (Å²) in [5.74, 6) is 0.873. The van der Waals surface area contributed by atoms with E-state index in [9.17, 15) is 0 Å². The molecule has 96 valence electrons. The lowest BCUT2D eigenvalue weighted by atomic mass is 10.2. The van der Waals surface area contributed by atoms with Crippen molar-refractivity contribution in [3.05, 3.63) is 16.6 Å². The molecule has 6 heteroatoms. The summed E-state index contributed by atoms with van der Waals surface area (Å²) < 4.78 is 0. The number of nitrogens with two attached hydrogens (primary N) is 1. The van der Waals surface area contributed by atoms with Gasteiger partial charge in [0, 0.05) is 37.1 Å². The Morgan fingerprint density at radius 3 is 2.94 bits per heavy atom. The molecule has 0 atom stereocenters. The molecular formula is C11H20N4OS. The number of oxime groups is 1. The molecule has 0 spiro atoms. The van der Waals surface area contributed by atoms with Gasteiger partial charge in [0.25, 0.3) is 0 Å². The standard InChI is InChI=1S/C11H20N4OS/c1-9(2)6-15(4-3-11(12)14-16)7-10-5-13-8-17-10/h5,8-9,16H,3-4,6-7H2,1-2H3,(H2,12,14). The highest BCUT2D eigenvalue weighted by Gasteiger charge is 2.10. The summed E-state index contributed by atoms with van der Waals surface area (Å²) in [6.07, 6.45) is 2.48. The van der Waals surface area contributed by atoms with Gasteiger partial charge in [-0.3, -0.25) is 9.88 Å². The molecule has 3 N–H and O–H groups in total. The average Bonchev–Trinajstić information content (AvgIpc) is 2.77. The minimum atomic E-state index is 0.281. The van der Waals surface area contributed by atoms with E-state index < -0.39 is 0 Å². The predicted octanol–water partition coefficient (Wildman–Crippen LogP) is 1.74. The predicted molar refractivity (Wildman–Crippen MR) is 70.3 cm³/mol. The van der Waals surface area contributed by atoms with Gasteiger partial charge in [-0.05, 0) is 5.92 Å². The molecular weight excluding hydrogens is 236 g/mol. The number of aromatic nitrogens is 1. The Hall–Kier alpha value is -1.14. The third kappa shape index (κ3) is 5.65. The van der Waals surface area contributed by atoms with Gasteiger partial charge in [0.2, 0.25) is 0 Å². The van der Waals surface area contributed by atoms with Gasteiger partial charge >= 0.3 is 0 Å². The molecule has 0 saturated heterocycles. The number of rotatable bonds is 7. The van der Waals surface area contributed by atoms with Gasteiger partial charge < -0.3 is 10.9 Å². The summed E-state index contributed by atoms with van der Waals surface area (Å²) in [6.45, 7) is 7.04. The minimum absolute atomic E-state index is 0.281. The second-order valence-electron chi connectivity index (χ2n) is 4.44. The van der Waals surface area contributed by atoms with Crippen molar-refractivity contribution in [1.82, 2.24) is 9.88 Å². The summed E-state index contributed by atoms with van der Waals surface area (Å²) >= 11 is 1.65. The van der Waals surface area contributed by atoms with Crippen LogP contribution in [0, 0.1) is 5.92 Å². The molecule has 17 heavy (non-hydrogen) atoms. The fourth-order valence-electron chi connectivity index (χ4n) is 1.61. The van der Waals surface area contributed by atoms with Gasteiger partial charge in [0.1, 0.15) is 5.84 Å². The van der Waals surface area contributed by atoms with Crippen LogP contribution in [0.15, 0.2) is 16.9 Å². The molecule has 0 aliphatic heterocycles. The first-order chi connectivity index (χ1) is 8.11. The van der Waals surface area contributed by atoms with E-state index in [2.05, 4.69) is 28.9 Å². The molecule has 0 aliphatic carbocycles. The maximum Gasteiger partial charge on any atom is 0.140 e. The summed E-state index contributed by atoms with van der Waals surface area (Å²) in [6, 6.07) is 0. The normalized spacial score (nSPS) is 12.6. The van der Waals surface area contributed by atoms with Crippen LogP contribution in [0.5, 0.6) is 0 Å². The van der Waals surface area contributed by atoms with Crippen LogP contribution in [0.25, 0.3) is 0 Å². The van der Waals surface area contributed by atoms with E-state index in [4.69, 9.17) is 10.9 Å². The second kappa shape index (κ2) is 7.24. The molecule has 0 radical (unpaired) electrons. The summed E-state index contributed by atoms with van der Waals surface area (Å²) in [4.78, 5) is 7.61. The van der Waals surface area contributed by atoms with Crippen molar-refractivity contribution in [1.29, 1.82) is 0 Å². The van der Waals surface area contributed by atoms with E-state index in [-0.39, 0.29) is 5.84 Å². The van der Waals surface area contributed by atoms with Crippen molar-refractivity contribution < 1.29 is 5.21 Å². The molecule has 0 fully saturated rings. The van der Waals surface area contributed by atoms with Crippen LogP contribution in [-0.4, -0.2) is 34.0 Å². The fourth-order valence-corrected chi connectivity index (χ4v) is 2.25. The van der Waals surface area contributed by atoms with Crippen molar-refractivity contribution in [2.45, 2.75) is 26.8 Å². The SMILES string of the molecule is CC(C)CN(CCC(N)=NO)Cc1cncs1. The molecule has 0 saturated carbocycles. The van der Waals surface area contributed by atoms with E-state index >= 15 is 0 Å². The van der Waals surface area contributed by atoms with Crippen molar-refractivity contribution in [3.63, 3.8) is 0 Å². The Morgan fingerprint density at radius 2 is 2.41 bits per heavy atom. The van der Waals surface area contributed by atoms with E-state index in [1.807, 2.05) is 11.7 Å². The monoisotopic (exact) mass is 256 g/mol. The largest absolute Gasteiger partial charge is 0.409 e. The molecule has 1 aromatic heterocycles. The third-order valence-corrected chi connectivity index (χ3v) is 3.06. The Morgan fingerprint density at radius 1 is 1.65 bits per heavy atom. The van der Waals surface area contributed by atoms with Crippen molar-refractivity contribution >= 4 is 17.2 Å². The van der Waals surface area contributed by atoms with Crippen LogP contribution in [0.3, 0.4) is 0 Å². The lowest BCUT2D eigenvalue weighted by Crippen LogP contribution is -2.30. The van der Waals surface area contributed by atoms with Crippen molar-refractivity contribution in [2.24, 2.45) is 16.8 Å². The van der Waals surface area contributed by atoms with Crippen molar-refractivity contribution in [3.8, 4) is 0 Å². The summed E-state index contributed by atoms with van der Waals surface area (Å²) in [5, 5.41) is 11.5. The quantitative estimate of drug-likeness (QED) is 0.337. The lowest BCUT2D eigenvalue weighted by Gasteiger charge is -2.23. The number of nitrogens with zero attached hydrogens (tertiary/aromatic N) is 3. The minimum Gasteiger partial charge on any atom is -0.409 e. The Bertz CT molecular complexity index is 337. The highest BCUT2D eigenvalue weighted by atomic mass is 32.1. The van der Waals surface area contributed by atoms with Crippen LogP contribution in [0.4, 0.5) is 0 Å². The Labute approximate surface area is 106 Å². The van der Waals surface area contributed by atoms with E-state index in [0.717, 1.165) is 19.6 Å². The smallest absolute Gasteiger partial charge is 0.140 e. The van der Waals surface area contributed by atoms with Crippen LogP contribution in [0.1, 0.15) is 25.1 Å². The zero-order valence-electron chi connectivity index (χ0n) is 10.3. The van der Waals surface area contributed by atoms with Gasteiger partial charge in [0.15, 0.2) is 0 Å². The molecule has 0 aliphatic rings. The van der Waals surface area contributed by atoms with E-state index in [0.29, 0.717) is 12.3 Å². The number of thiazole rings is 1. The zero-order valence-corrected chi connectivity index (χ0v) is 11.2. The molecule has 1 aromatic rings. The summed E-state index contributed by atoms with van der Waals surface area (Å²) in [7, 11) is 0. The van der Waals surface area contributed by atoms with Crippen LogP contribution < -0.4 is 5.73 Å². The van der Waals surface area contributed by atoms with Crippen LogP contribution in [-0.2, 0) is 6.54 Å². The average molecular weight is 256 g/mol. The molecule has 0 bridgehead atoms. The van der Waals surface area contributed by atoms with E-state index in [1.165, 1.54) is 4.88 Å². The number of amidine groups is 1. The number of hydrogen-bond donors (Lipinski definition) is 2. The fraction of sp³-hybridized carbons (Fsp3) is 0.636. The van der Waals surface area contributed by atoms with E-state index in [1.54, 1.807) is 11.3 Å². The molecule has 5 nitrogen and oxygen atoms in total. The lowest BCUT2D eigenvalue weighted by molar-refractivity contribution is 0.242. The van der Waals surface area contributed by atoms with Crippen LogP contribution in [0.2, 0.25) is 0 Å². The highest BCUT2D eigenvalue weighted by molar-refractivity contribution is 7.09. The first-order valence-electron chi connectivity index (χ1n) is 5.68. The molecule has 1 rings (SSSR count). The molecule has 0 amide bonds. The molecule has 0 unspecified atom stereocenters. The van der Waals surface area contributed by atoms with Crippen molar-refractivity contribution in [2.75, 3.05) is 13.1 Å². The Kier molecular flexibility index (Phi) is 5.93. The van der Waals surface area contributed by atoms with Gasteiger partial charge in [-0.1, -0.05) is 19.0 Å². The maximum atomic E-state index is 8.52. The topological polar surface area (TPSA) is 74.7 Å². The maximum absolute atomic E-state index is 8.52. The van der Waals surface area contributed by atoms with Gasteiger partial charge in [-0.25, -0.2) is 0 Å². The van der Waals surface area contributed by atoms with Gasteiger partial charge in [0.05, 0.1) is 5.51 Å². The zero-order chi connectivity index (χ0) is 12.7. The molecule has 0 aromatic carbocycles.